The fourth-order valence-corrected chi connectivity index (χ4v) is 2.90. The summed E-state index contributed by atoms with van der Waals surface area (Å²) in [5.74, 6) is -0.00351. The summed E-state index contributed by atoms with van der Waals surface area (Å²) in [5.41, 5.74) is 1.89. The van der Waals surface area contributed by atoms with Gasteiger partial charge in [-0.1, -0.05) is 12.1 Å². The van der Waals surface area contributed by atoms with E-state index in [2.05, 4.69) is 0 Å². The van der Waals surface area contributed by atoms with Gasteiger partial charge < -0.3 is 14.7 Å². The zero-order chi connectivity index (χ0) is 17.7. The first kappa shape index (κ1) is 18.0. The number of hydrogen-bond acceptors (Lipinski definition) is 3. The van der Waals surface area contributed by atoms with Crippen molar-refractivity contribution in [2.24, 2.45) is 0 Å². The normalized spacial score (nSPS) is 14.5. The molecule has 6 nitrogen and oxygen atoms in total. The molecule has 1 aromatic carbocycles. The van der Waals surface area contributed by atoms with Crippen LogP contribution in [0, 0.1) is 6.92 Å². The van der Waals surface area contributed by atoms with Crippen molar-refractivity contribution in [2.45, 2.75) is 27.2 Å². The molecule has 0 unspecified atom stereocenters. The second kappa shape index (κ2) is 7.95. The van der Waals surface area contributed by atoms with E-state index >= 15 is 0 Å². The molecule has 130 valence electrons. The second-order valence-electron chi connectivity index (χ2n) is 6.15. The summed E-state index contributed by atoms with van der Waals surface area (Å²) in [7, 11) is 0. The minimum atomic E-state index is -0.0743. The maximum Gasteiger partial charge on any atom is 0.224 e. The Hall–Kier alpha value is -2.37. The predicted octanol–water partition coefficient (Wildman–Crippen LogP) is 1.43. The van der Waals surface area contributed by atoms with Crippen molar-refractivity contribution in [2.75, 3.05) is 37.6 Å². The number of rotatable bonds is 4. The molecule has 6 heteroatoms. The summed E-state index contributed by atoms with van der Waals surface area (Å²) in [6, 6.07) is 7.70. The van der Waals surface area contributed by atoms with Gasteiger partial charge in [0, 0.05) is 58.7 Å². The van der Waals surface area contributed by atoms with Gasteiger partial charge in [0.2, 0.25) is 17.7 Å². The van der Waals surface area contributed by atoms with Crippen molar-refractivity contribution in [1.29, 1.82) is 0 Å². The van der Waals surface area contributed by atoms with Crippen LogP contribution in [0.5, 0.6) is 0 Å². The SMILES string of the molecule is CC(=O)N1CCN(C(=O)CCN(C(C)=O)c2cccc(C)c2)CC1. The Balaban J connectivity index is 1.92. The molecule has 0 aliphatic carbocycles. The molecule has 1 aliphatic rings. The molecule has 1 saturated heterocycles. The van der Waals surface area contributed by atoms with Crippen LogP contribution in [0.15, 0.2) is 24.3 Å². The van der Waals surface area contributed by atoms with Crippen LogP contribution < -0.4 is 4.90 Å². The topological polar surface area (TPSA) is 60.9 Å². The van der Waals surface area contributed by atoms with E-state index in [1.54, 1.807) is 21.6 Å². The van der Waals surface area contributed by atoms with E-state index in [1.165, 1.54) is 6.92 Å². The van der Waals surface area contributed by atoms with Gasteiger partial charge in [0.15, 0.2) is 0 Å². The Morgan fingerprint density at radius 1 is 1.04 bits per heavy atom. The molecule has 0 radical (unpaired) electrons. The number of carbonyl (C=O) groups excluding carboxylic acids is 3. The van der Waals surface area contributed by atoms with Gasteiger partial charge in [0.05, 0.1) is 0 Å². The Bertz CT molecular complexity index is 622. The lowest BCUT2D eigenvalue weighted by molar-refractivity contribution is -0.138. The van der Waals surface area contributed by atoms with Crippen LogP contribution in [0.25, 0.3) is 0 Å². The number of anilines is 1. The summed E-state index contributed by atoms with van der Waals surface area (Å²) in [4.78, 5) is 40.8. The summed E-state index contributed by atoms with van der Waals surface area (Å²) < 4.78 is 0. The van der Waals surface area contributed by atoms with Gasteiger partial charge in [0.1, 0.15) is 0 Å². The standard InChI is InChI=1S/C18H25N3O3/c1-14-5-4-6-17(13-14)21(16(3)23)8-7-18(24)20-11-9-19(10-12-20)15(2)22/h4-6,13H,7-12H2,1-3H3. The van der Waals surface area contributed by atoms with Gasteiger partial charge >= 0.3 is 0 Å². The maximum absolute atomic E-state index is 12.4. The van der Waals surface area contributed by atoms with Crippen molar-refractivity contribution >= 4 is 23.4 Å². The third-order valence-electron chi connectivity index (χ3n) is 4.32. The quantitative estimate of drug-likeness (QED) is 0.838. The van der Waals surface area contributed by atoms with Crippen molar-refractivity contribution in [3.63, 3.8) is 0 Å². The molecular formula is C18H25N3O3. The lowest BCUT2D eigenvalue weighted by atomic mass is 10.2. The first-order chi connectivity index (χ1) is 11.4. The highest BCUT2D eigenvalue weighted by Gasteiger charge is 2.23. The molecule has 0 N–H and O–H groups in total. The van der Waals surface area contributed by atoms with Crippen LogP contribution in [0.4, 0.5) is 5.69 Å². The molecular weight excluding hydrogens is 306 g/mol. The molecule has 1 fully saturated rings. The van der Waals surface area contributed by atoms with E-state index in [4.69, 9.17) is 0 Å². The minimum absolute atomic E-state index is 0.0251. The molecule has 0 saturated carbocycles. The van der Waals surface area contributed by atoms with Crippen molar-refractivity contribution < 1.29 is 14.4 Å². The monoisotopic (exact) mass is 331 g/mol. The Labute approximate surface area is 143 Å². The first-order valence-corrected chi connectivity index (χ1v) is 8.26. The van der Waals surface area contributed by atoms with Gasteiger partial charge in [-0.2, -0.15) is 0 Å². The third-order valence-corrected chi connectivity index (χ3v) is 4.32. The number of amides is 3. The molecule has 0 bridgehead atoms. The lowest BCUT2D eigenvalue weighted by Crippen LogP contribution is -2.50. The van der Waals surface area contributed by atoms with E-state index in [0.29, 0.717) is 32.7 Å². The van der Waals surface area contributed by atoms with Crippen LogP contribution in [-0.4, -0.2) is 60.2 Å². The zero-order valence-corrected chi connectivity index (χ0v) is 14.6. The molecule has 1 heterocycles. The third kappa shape index (κ3) is 4.57. The van der Waals surface area contributed by atoms with Crippen LogP contribution in [0.3, 0.4) is 0 Å². The molecule has 0 atom stereocenters. The van der Waals surface area contributed by atoms with Gasteiger partial charge in [-0.25, -0.2) is 0 Å². The van der Waals surface area contributed by atoms with Crippen LogP contribution >= 0.6 is 0 Å². The van der Waals surface area contributed by atoms with E-state index < -0.39 is 0 Å². The Kier molecular flexibility index (Phi) is 5.95. The van der Waals surface area contributed by atoms with Gasteiger partial charge in [0.25, 0.3) is 0 Å². The Morgan fingerprint density at radius 3 is 2.21 bits per heavy atom. The molecule has 2 rings (SSSR count). The first-order valence-electron chi connectivity index (χ1n) is 8.26. The number of aryl methyl sites for hydroxylation is 1. The molecule has 24 heavy (non-hydrogen) atoms. The number of hydrogen-bond donors (Lipinski definition) is 0. The van der Waals surface area contributed by atoms with E-state index in [0.717, 1.165) is 11.3 Å². The van der Waals surface area contributed by atoms with Crippen molar-refractivity contribution in [3.05, 3.63) is 29.8 Å². The molecule has 0 aromatic heterocycles. The van der Waals surface area contributed by atoms with Gasteiger partial charge in [-0.3, -0.25) is 14.4 Å². The van der Waals surface area contributed by atoms with E-state index in [1.807, 2.05) is 31.2 Å². The number of piperazine rings is 1. The van der Waals surface area contributed by atoms with Crippen LogP contribution in [-0.2, 0) is 14.4 Å². The summed E-state index contributed by atoms with van der Waals surface area (Å²) in [6.45, 7) is 7.67. The highest BCUT2D eigenvalue weighted by molar-refractivity contribution is 5.92. The largest absolute Gasteiger partial charge is 0.339 e. The maximum atomic E-state index is 12.4. The molecule has 1 aliphatic heterocycles. The minimum Gasteiger partial charge on any atom is -0.339 e. The highest BCUT2D eigenvalue weighted by atomic mass is 16.2. The van der Waals surface area contributed by atoms with Gasteiger partial charge in [-0.15, -0.1) is 0 Å². The number of benzene rings is 1. The van der Waals surface area contributed by atoms with Crippen molar-refractivity contribution in [1.82, 2.24) is 9.80 Å². The lowest BCUT2D eigenvalue weighted by Gasteiger charge is -2.34. The summed E-state index contributed by atoms with van der Waals surface area (Å²) >= 11 is 0. The molecule has 0 spiro atoms. The fraction of sp³-hybridized carbons (Fsp3) is 0.500. The van der Waals surface area contributed by atoms with E-state index in [9.17, 15) is 14.4 Å². The zero-order valence-electron chi connectivity index (χ0n) is 14.6. The summed E-state index contributed by atoms with van der Waals surface area (Å²) in [5, 5.41) is 0. The second-order valence-corrected chi connectivity index (χ2v) is 6.15. The number of nitrogens with zero attached hydrogens (tertiary/aromatic N) is 3. The smallest absolute Gasteiger partial charge is 0.224 e. The fourth-order valence-electron chi connectivity index (χ4n) is 2.90. The van der Waals surface area contributed by atoms with Gasteiger partial charge in [-0.05, 0) is 24.6 Å². The van der Waals surface area contributed by atoms with Crippen LogP contribution in [0.2, 0.25) is 0 Å². The highest BCUT2D eigenvalue weighted by Crippen LogP contribution is 2.17. The van der Waals surface area contributed by atoms with E-state index in [-0.39, 0.29) is 24.1 Å². The molecule has 1 aromatic rings. The Morgan fingerprint density at radius 2 is 1.67 bits per heavy atom. The average molecular weight is 331 g/mol. The van der Waals surface area contributed by atoms with Crippen molar-refractivity contribution in [3.8, 4) is 0 Å². The average Bonchev–Trinajstić information content (AvgIpc) is 2.54. The predicted molar refractivity (Wildman–Crippen MR) is 92.7 cm³/mol. The summed E-state index contributed by atoms with van der Waals surface area (Å²) in [6.07, 6.45) is 0.285. The molecule has 3 amide bonds. The van der Waals surface area contributed by atoms with Crippen LogP contribution in [0.1, 0.15) is 25.8 Å². The number of carbonyl (C=O) groups is 3.